The minimum atomic E-state index is -1.54. The van der Waals surface area contributed by atoms with Gasteiger partial charge in [0.25, 0.3) is 0 Å². The van der Waals surface area contributed by atoms with E-state index < -0.39 is 43.4 Å². The molecule has 202 valence electrons. The molecular formula is C27H40O9. The van der Waals surface area contributed by atoms with Crippen LogP contribution >= 0.6 is 0 Å². The third-order valence-corrected chi connectivity index (χ3v) is 10.6. The fraction of sp³-hybridized carbons (Fsp3) is 0.852. The zero-order valence-corrected chi connectivity index (χ0v) is 21.1. The summed E-state index contributed by atoms with van der Waals surface area (Å²) in [5, 5.41) is 49.6. The van der Waals surface area contributed by atoms with Gasteiger partial charge < -0.3 is 35.0 Å². The van der Waals surface area contributed by atoms with Crippen LogP contribution in [0.4, 0.5) is 0 Å². The van der Waals surface area contributed by atoms with Crippen LogP contribution in [0.1, 0.15) is 58.8 Å². The van der Waals surface area contributed by atoms with Gasteiger partial charge in [0.1, 0.15) is 37.1 Å². The highest BCUT2D eigenvalue weighted by atomic mass is 16.7. The normalized spacial score (nSPS) is 50.6. The molecule has 5 aliphatic rings. The number of hydrogen-bond donors (Lipinski definition) is 5. The van der Waals surface area contributed by atoms with E-state index in [4.69, 9.17) is 9.47 Å². The number of aliphatic hydroxyl groups excluding tert-OH is 5. The van der Waals surface area contributed by atoms with Gasteiger partial charge in [-0.05, 0) is 73.2 Å². The number of carbonyl (C=O) groups is 2. The first-order chi connectivity index (χ1) is 17.0. The SMILES string of the molecule is C[C@]12CC(=O)C(O)C=C1CCC1C2CC[C@@]2(C)C1CC[C@@H]2C(=O)CO[C@@H]1O[C@H](CO)[C@@H](O)[C@H](O)[C@H]1O. The topological polar surface area (TPSA) is 154 Å². The molecule has 3 saturated carbocycles. The van der Waals surface area contributed by atoms with Gasteiger partial charge in [0.15, 0.2) is 17.9 Å². The summed E-state index contributed by atoms with van der Waals surface area (Å²) in [6.07, 6.45) is -0.315. The van der Waals surface area contributed by atoms with Crippen molar-refractivity contribution in [2.24, 2.45) is 34.5 Å². The predicted molar refractivity (Wildman–Crippen MR) is 126 cm³/mol. The Morgan fingerprint density at radius 1 is 1.06 bits per heavy atom. The summed E-state index contributed by atoms with van der Waals surface area (Å²) in [6.45, 7) is 3.57. The van der Waals surface area contributed by atoms with Crippen molar-refractivity contribution < 1.29 is 44.6 Å². The Kier molecular flexibility index (Phi) is 6.98. The third-order valence-electron chi connectivity index (χ3n) is 10.6. The van der Waals surface area contributed by atoms with Crippen LogP contribution in [0.15, 0.2) is 11.6 Å². The van der Waals surface area contributed by atoms with E-state index in [-0.39, 0.29) is 34.9 Å². The zero-order chi connectivity index (χ0) is 26.0. The Bertz CT molecular complexity index is 917. The number of carbonyl (C=O) groups excluding carboxylic acids is 2. The number of fused-ring (bicyclic) bond motifs is 5. The molecule has 0 radical (unpaired) electrons. The molecule has 1 aliphatic heterocycles. The first-order valence-electron chi connectivity index (χ1n) is 13.4. The van der Waals surface area contributed by atoms with Crippen molar-refractivity contribution in [2.45, 2.75) is 95.6 Å². The van der Waals surface area contributed by atoms with Crippen LogP contribution in [0.25, 0.3) is 0 Å². The van der Waals surface area contributed by atoms with E-state index in [0.717, 1.165) is 38.5 Å². The molecular weight excluding hydrogens is 468 g/mol. The Morgan fingerprint density at radius 3 is 2.53 bits per heavy atom. The van der Waals surface area contributed by atoms with Crippen molar-refractivity contribution in [2.75, 3.05) is 13.2 Å². The summed E-state index contributed by atoms with van der Waals surface area (Å²) in [5.41, 5.74) is 0.833. The molecule has 5 N–H and O–H groups in total. The maximum absolute atomic E-state index is 13.4. The van der Waals surface area contributed by atoms with Crippen LogP contribution < -0.4 is 0 Å². The van der Waals surface area contributed by atoms with Gasteiger partial charge in [-0.25, -0.2) is 0 Å². The quantitative estimate of drug-likeness (QED) is 0.334. The largest absolute Gasteiger partial charge is 0.394 e. The van der Waals surface area contributed by atoms with Gasteiger partial charge in [0.05, 0.1) is 6.61 Å². The summed E-state index contributed by atoms with van der Waals surface area (Å²) in [7, 11) is 0. The molecule has 4 fully saturated rings. The molecule has 9 heteroatoms. The van der Waals surface area contributed by atoms with E-state index in [1.165, 1.54) is 5.57 Å². The molecule has 0 aromatic heterocycles. The lowest BCUT2D eigenvalue weighted by Crippen LogP contribution is -2.59. The van der Waals surface area contributed by atoms with E-state index in [1.807, 2.05) is 0 Å². The number of hydrogen-bond acceptors (Lipinski definition) is 9. The third kappa shape index (κ3) is 4.02. The van der Waals surface area contributed by atoms with Crippen LogP contribution in [0.3, 0.4) is 0 Å². The van der Waals surface area contributed by atoms with Crippen LogP contribution in [-0.2, 0) is 19.1 Å². The van der Waals surface area contributed by atoms with Crippen molar-refractivity contribution in [3.05, 3.63) is 11.6 Å². The lowest BCUT2D eigenvalue weighted by Gasteiger charge is -2.58. The molecule has 36 heavy (non-hydrogen) atoms. The van der Waals surface area contributed by atoms with Gasteiger partial charge in [-0.2, -0.15) is 0 Å². The summed E-state index contributed by atoms with van der Waals surface area (Å²) in [4.78, 5) is 25.8. The highest BCUT2D eigenvalue weighted by Gasteiger charge is 2.60. The van der Waals surface area contributed by atoms with Gasteiger partial charge in [-0.3, -0.25) is 9.59 Å². The summed E-state index contributed by atoms with van der Waals surface area (Å²) in [5.74, 6) is 0.823. The van der Waals surface area contributed by atoms with Crippen LogP contribution in [0, 0.1) is 34.5 Å². The monoisotopic (exact) mass is 508 g/mol. The first-order valence-corrected chi connectivity index (χ1v) is 13.4. The van der Waals surface area contributed by atoms with Gasteiger partial charge in [0, 0.05) is 12.3 Å². The smallest absolute Gasteiger partial charge is 0.187 e. The van der Waals surface area contributed by atoms with Gasteiger partial charge in [0.2, 0.25) is 0 Å². The van der Waals surface area contributed by atoms with Crippen molar-refractivity contribution >= 4 is 11.6 Å². The van der Waals surface area contributed by atoms with Crippen molar-refractivity contribution in [3.8, 4) is 0 Å². The van der Waals surface area contributed by atoms with Crippen molar-refractivity contribution in [3.63, 3.8) is 0 Å². The number of aliphatic hydroxyl groups is 5. The van der Waals surface area contributed by atoms with Crippen molar-refractivity contribution in [1.82, 2.24) is 0 Å². The van der Waals surface area contributed by atoms with Gasteiger partial charge in [-0.1, -0.05) is 19.4 Å². The molecule has 1 saturated heterocycles. The van der Waals surface area contributed by atoms with E-state index in [2.05, 4.69) is 13.8 Å². The average Bonchev–Trinajstić information content (AvgIpc) is 3.20. The molecule has 12 atom stereocenters. The molecule has 9 nitrogen and oxygen atoms in total. The van der Waals surface area contributed by atoms with E-state index in [9.17, 15) is 35.1 Å². The molecule has 0 aromatic rings. The first kappa shape index (κ1) is 26.4. The molecule has 4 aliphatic carbocycles. The molecule has 0 spiro atoms. The van der Waals surface area contributed by atoms with Gasteiger partial charge in [-0.15, -0.1) is 0 Å². The van der Waals surface area contributed by atoms with E-state index >= 15 is 0 Å². The molecule has 1 heterocycles. The molecule has 0 aromatic carbocycles. The molecule has 0 bridgehead atoms. The fourth-order valence-corrected chi connectivity index (χ4v) is 8.59. The lowest BCUT2D eigenvalue weighted by molar-refractivity contribution is -0.299. The van der Waals surface area contributed by atoms with Crippen LogP contribution in [-0.4, -0.2) is 87.1 Å². The second-order valence-corrected chi connectivity index (χ2v) is 12.3. The summed E-state index contributed by atoms with van der Waals surface area (Å²) < 4.78 is 11.0. The standard InChI is InChI=1S/C27H40O9/c1-26-8-7-16-14(4-3-13-9-18(29)19(30)10-27(13,16)2)15(26)5-6-17(26)20(31)12-35-25-24(34)23(33)22(32)21(11-28)36-25/h9,14-18,21-25,28-29,32-34H,3-8,10-12H2,1-2H3/t14?,15?,16?,17-,18?,21-,22-,23+,24-,25-,26+,27+/m1/s1. The average molecular weight is 509 g/mol. The Hall–Kier alpha value is -1.20. The predicted octanol–water partition coefficient (Wildman–Crippen LogP) is 0.491. The fourth-order valence-electron chi connectivity index (χ4n) is 8.59. The number of rotatable bonds is 5. The minimum Gasteiger partial charge on any atom is -0.394 e. The highest BCUT2D eigenvalue weighted by Crippen LogP contribution is 2.66. The van der Waals surface area contributed by atoms with E-state index in [0.29, 0.717) is 24.2 Å². The lowest BCUT2D eigenvalue weighted by atomic mass is 9.46. The van der Waals surface area contributed by atoms with E-state index in [1.54, 1.807) is 6.08 Å². The second kappa shape index (κ2) is 9.52. The maximum Gasteiger partial charge on any atom is 0.187 e. The minimum absolute atomic E-state index is 0.0611. The number of ketones is 2. The Labute approximate surface area is 211 Å². The maximum atomic E-state index is 13.4. The highest BCUT2D eigenvalue weighted by molar-refractivity contribution is 5.87. The van der Waals surface area contributed by atoms with Gasteiger partial charge >= 0.3 is 0 Å². The number of ether oxygens (including phenoxy) is 2. The van der Waals surface area contributed by atoms with Crippen LogP contribution in [0.2, 0.25) is 0 Å². The molecule has 5 rings (SSSR count). The Morgan fingerprint density at radius 2 is 1.81 bits per heavy atom. The molecule has 0 amide bonds. The second-order valence-electron chi connectivity index (χ2n) is 12.3. The Balaban J connectivity index is 1.26. The van der Waals surface area contributed by atoms with Crippen LogP contribution in [0.5, 0.6) is 0 Å². The molecule has 4 unspecified atom stereocenters. The summed E-state index contributed by atoms with van der Waals surface area (Å²) in [6, 6.07) is 0. The number of Topliss-reactive ketones (excluding diaryl/α,β-unsaturated/α-hetero) is 2. The van der Waals surface area contributed by atoms with Crippen molar-refractivity contribution in [1.29, 1.82) is 0 Å². The zero-order valence-electron chi connectivity index (χ0n) is 21.1. The summed E-state index contributed by atoms with van der Waals surface area (Å²) >= 11 is 0. The number of allylic oxidation sites excluding steroid dienone is 1.